The van der Waals surface area contributed by atoms with Gasteiger partial charge < -0.3 is 15.2 Å². The molecule has 2 aromatic rings. The van der Waals surface area contributed by atoms with E-state index in [1.807, 2.05) is 31.2 Å². The van der Waals surface area contributed by atoms with E-state index in [1.54, 1.807) is 6.07 Å². The molecule has 2 N–H and O–H groups in total. The molecule has 0 saturated heterocycles. The second-order valence-corrected chi connectivity index (χ2v) is 6.48. The van der Waals surface area contributed by atoms with Gasteiger partial charge in [0, 0.05) is 11.6 Å². The van der Waals surface area contributed by atoms with Crippen LogP contribution in [-0.4, -0.2) is 11.7 Å². The predicted octanol–water partition coefficient (Wildman–Crippen LogP) is 5.58. The number of benzene rings is 2. The highest BCUT2D eigenvalue weighted by Crippen LogP contribution is 2.34. The summed E-state index contributed by atoms with van der Waals surface area (Å²) in [6, 6.07) is 9.19. The molecule has 0 amide bonds. The molecule has 0 unspecified atom stereocenters. The first-order valence-electron chi connectivity index (χ1n) is 6.34. The number of hydrogen-bond acceptors (Lipinski definition) is 3. The predicted molar refractivity (Wildman–Crippen MR) is 93.5 cm³/mol. The first-order valence-corrected chi connectivity index (χ1v) is 8.30. The lowest BCUT2D eigenvalue weighted by molar-refractivity contribution is 0.341. The SMILES string of the molecule is CCOc1ccc(Cl)cc1NCc1cc(Br)c(O)c(Br)c1. The Bertz CT molecular complexity index is 627. The summed E-state index contributed by atoms with van der Waals surface area (Å²) in [6.45, 7) is 3.11. The number of phenols is 1. The first-order chi connectivity index (χ1) is 10.0. The summed E-state index contributed by atoms with van der Waals surface area (Å²) in [5, 5.41) is 13.7. The zero-order valence-corrected chi connectivity index (χ0v) is 15.2. The fourth-order valence-electron chi connectivity index (χ4n) is 1.84. The van der Waals surface area contributed by atoms with Gasteiger partial charge in [-0.2, -0.15) is 0 Å². The van der Waals surface area contributed by atoms with Crippen molar-refractivity contribution in [2.24, 2.45) is 0 Å². The van der Waals surface area contributed by atoms with Crippen molar-refractivity contribution < 1.29 is 9.84 Å². The second kappa shape index (κ2) is 7.38. The molecular weight excluding hydrogens is 421 g/mol. The molecule has 0 bridgehead atoms. The van der Waals surface area contributed by atoms with Gasteiger partial charge in [-0.25, -0.2) is 0 Å². The summed E-state index contributed by atoms with van der Waals surface area (Å²) >= 11 is 12.7. The van der Waals surface area contributed by atoms with E-state index >= 15 is 0 Å². The van der Waals surface area contributed by atoms with E-state index in [2.05, 4.69) is 37.2 Å². The smallest absolute Gasteiger partial charge is 0.143 e. The van der Waals surface area contributed by atoms with Crippen LogP contribution in [-0.2, 0) is 6.54 Å². The third kappa shape index (κ3) is 4.28. The minimum atomic E-state index is 0.191. The number of aromatic hydroxyl groups is 1. The lowest BCUT2D eigenvalue weighted by atomic mass is 10.2. The van der Waals surface area contributed by atoms with E-state index in [4.69, 9.17) is 16.3 Å². The van der Waals surface area contributed by atoms with Crippen molar-refractivity contribution in [2.75, 3.05) is 11.9 Å². The van der Waals surface area contributed by atoms with Crippen LogP contribution >= 0.6 is 43.5 Å². The van der Waals surface area contributed by atoms with Crippen LogP contribution in [0, 0.1) is 0 Å². The summed E-state index contributed by atoms with van der Waals surface area (Å²) in [4.78, 5) is 0. The maximum Gasteiger partial charge on any atom is 0.143 e. The van der Waals surface area contributed by atoms with Crippen molar-refractivity contribution in [1.82, 2.24) is 0 Å². The largest absolute Gasteiger partial charge is 0.506 e. The molecule has 112 valence electrons. The Labute approximate surface area is 145 Å². The Kier molecular flexibility index (Phi) is 5.79. The number of nitrogens with one attached hydrogen (secondary N) is 1. The van der Waals surface area contributed by atoms with Crippen molar-refractivity contribution in [3.8, 4) is 11.5 Å². The Morgan fingerprint density at radius 2 is 1.86 bits per heavy atom. The lowest BCUT2D eigenvalue weighted by Gasteiger charge is -2.13. The zero-order chi connectivity index (χ0) is 15.4. The molecule has 0 aliphatic carbocycles. The van der Waals surface area contributed by atoms with Gasteiger partial charge in [0.05, 0.1) is 21.2 Å². The highest BCUT2D eigenvalue weighted by molar-refractivity contribution is 9.11. The van der Waals surface area contributed by atoms with Crippen LogP contribution in [0.2, 0.25) is 5.02 Å². The van der Waals surface area contributed by atoms with Crippen molar-refractivity contribution in [1.29, 1.82) is 0 Å². The Morgan fingerprint density at radius 1 is 1.19 bits per heavy atom. The Hall–Kier alpha value is -0.910. The topological polar surface area (TPSA) is 41.5 Å². The maximum atomic E-state index is 9.71. The number of hydrogen-bond donors (Lipinski definition) is 2. The van der Waals surface area contributed by atoms with Crippen LogP contribution in [0.3, 0.4) is 0 Å². The van der Waals surface area contributed by atoms with Gasteiger partial charge in [-0.1, -0.05) is 11.6 Å². The summed E-state index contributed by atoms with van der Waals surface area (Å²) in [7, 11) is 0. The Balaban J connectivity index is 2.18. The molecule has 0 heterocycles. The summed E-state index contributed by atoms with van der Waals surface area (Å²) in [6.07, 6.45) is 0. The lowest BCUT2D eigenvalue weighted by Crippen LogP contribution is -2.03. The summed E-state index contributed by atoms with van der Waals surface area (Å²) in [5.41, 5.74) is 1.85. The molecule has 6 heteroatoms. The molecule has 0 saturated carbocycles. The van der Waals surface area contributed by atoms with Gasteiger partial charge in [-0.15, -0.1) is 0 Å². The average Bonchev–Trinajstić information content (AvgIpc) is 2.45. The molecular formula is C15H14Br2ClNO2. The van der Waals surface area contributed by atoms with Gasteiger partial charge in [0.15, 0.2) is 0 Å². The van der Waals surface area contributed by atoms with Gasteiger partial charge in [-0.3, -0.25) is 0 Å². The van der Waals surface area contributed by atoms with Crippen LogP contribution in [0.1, 0.15) is 12.5 Å². The summed E-state index contributed by atoms with van der Waals surface area (Å²) < 4.78 is 6.85. The van der Waals surface area contributed by atoms with Crippen LogP contribution < -0.4 is 10.1 Å². The number of rotatable bonds is 5. The van der Waals surface area contributed by atoms with Crippen LogP contribution in [0.4, 0.5) is 5.69 Å². The molecule has 0 aliphatic rings. The van der Waals surface area contributed by atoms with Crippen molar-refractivity contribution in [2.45, 2.75) is 13.5 Å². The molecule has 0 fully saturated rings. The number of phenolic OH excluding ortho intramolecular Hbond substituents is 1. The van der Waals surface area contributed by atoms with E-state index < -0.39 is 0 Å². The van der Waals surface area contributed by atoms with E-state index in [1.165, 1.54) is 0 Å². The van der Waals surface area contributed by atoms with Gasteiger partial charge in [-0.05, 0) is 74.7 Å². The molecule has 0 radical (unpaired) electrons. The first kappa shape index (κ1) is 16.5. The van der Waals surface area contributed by atoms with Crippen LogP contribution in [0.15, 0.2) is 39.3 Å². The fraction of sp³-hybridized carbons (Fsp3) is 0.200. The van der Waals surface area contributed by atoms with Crippen molar-refractivity contribution >= 4 is 49.1 Å². The maximum absolute atomic E-state index is 9.71. The van der Waals surface area contributed by atoms with E-state index in [0.717, 1.165) is 17.0 Å². The number of ether oxygens (including phenoxy) is 1. The van der Waals surface area contributed by atoms with Gasteiger partial charge in [0.25, 0.3) is 0 Å². The molecule has 3 nitrogen and oxygen atoms in total. The normalized spacial score (nSPS) is 10.5. The minimum Gasteiger partial charge on any atom is -0.506 e. The fourth-order valence-corrected chi connectivity index (χ4v) is 3.29. The number of halogens is 3. The summed E-state index contributed by atoms with van der Waals surface area (Å²) in [5.74, 6) is 0.954. The van der Waals surface area contributed by atoms with Crippen molar-refractivity contribution in [3.05, 3.63) is 49.9 Å². The number of anilines is 1. The quantitative estimate of drug-likeness (QED) is 0.644. The van der Waals surface area contributed by atoms with E-state index in [-0.39, 0.29) is 5.75 Å². The van der Waals surface area contributed by atoms with Crippen molar-refractivity contribution in [3.63, 3.8) is 0 Å². The van der Waals surface area contributed by atoms with Gasteiger partial charge in [0.1, 0.15) is 11.5 Å². The third-order valence-electron chi connectivity index (χ3n) is 2.80. The molecule has 0 aromatic heterocycles. The van der Waals surface area contributed by atoms with Crippen LogP contribution in [0.25, 0.3) is 0 Å². The molecule has 2 aromatic carbocycles. The molecule has 21 heavy (non-hydrogen) atoms. The molecule has 2 rings (SSSR count). The van der Waals surface area contributed by atoms with Gasteiger partial charge in [0.2, 0.25) is 0 Å². The average molecular weight is 436 g/mol. The van der Waals surface area contributed by atoms with E-state index in [0.29, 0.717) is 27.1 Å². The molecule has 0 spiro atoms. The van der Waals surface area contributed by atoms with E-state index in [9.17, 15) is 5.11 Å². The van der Waals surface area contributed by atoms with Crippen LogP contribution in [0.5, 0.6) is 11.5 Å². The molecule has 0 atom stereocenters. The molecule has 0 aliphatic heterocycles. The highest BCUT2D eigenvalue weighted by Gasteiger charge is 2.08. The van der Waals surface area contributed by atoms with Gasteiger partial charge >= 0.3 is 0 Å². The third-order valence-corrected chi connectivity index (χ3v) is 4.25. The second-order valence-electron chi connectivity index (χ2n) is 4.34. The zero-order valence-electron chi connectivity index (χ0n) is 11.3. The Morgan fingerprint density at radius 3 is 2.48 bits per heavy atom. The standard InChI is InChI=1S/C15H14Br2ClNO2/c1-2-21-14-4-3-10(18)7-13(14)19-8-9-5-11(16)15(20)12(17)6-9/h3-7,19-20H,2,8H2,1H3. The minimum absolute atomic E-state index is 0.191. The monoisotopic (exact) mass is 433 g/mol. The highest BCUT2D eigenvalue weighted by atomic mass is 79.9.